The Morgan fingerprint density at radius 2 is 1.83 bits per heavy atom. The molecule has 6 nitrogen and oxygen atoms in total. The van der Waals surface area contributed by atoms with Gasteiger partial charge >= 0.3 is 0 Å². The summed E-state index contributed by atoms with van der Waals surface area (Å²) >= 11 is 3.34. The van der Waals surface area contributed by atoms with E-state index in [2.05, 4.69) is 15.9 Å². The normalized spacial score (nSPS) is 16.8. The molecule has 1 aliphatic rings. The lowest BCUT2D eigenvalue weighted by Crippen LogP contribution is -2.52. The summed E-state index contributed by atoms with van der Waals surface area (Å²) < 4.78 is 27.5. The summed E-state index contributed by atoms with van der Waals surface area (Å²) in [7, 11) is 0.138. The molecule has 0 aromatic heterocycles. The highest BCUT2D eigenvalue weighted by atomic mass is 79.9. The minimum Gasteiger partial charge on any atom is -0.339 e. The molecule has 0 saturated carbocycles. The number of aryl methyl sites for hydroxylation is 1. The summed E-state index contributed by atoms with van der Waals surface area (Å²) in [5.41, 5.74) is 0.995. The van der Waals surface area contributed by atoms with Crippen molar-refractivity contribution in [3.8, 4) is 0 Å². The molecule has 0 aliphatic carbocycles. The van der Waals surface area contributed by atoms with E-state index >= 15 is 0 Å². The van der Waals surface area contributed by atoms with E-state index in [1.54, 1.807) is 23.1 Å². The zero-order valence-electron chi connectivity index (χ0n) is 13.6. The lowest BCUT2D eigenvalue weighted by Gasteiger charge is -2.34. The number of amides is 1. The van der Waals surface area contributed by atoms with Crippen LogP contribution >= 0.6 is 15.9 Å². The number of carbonyl (C=O) groups is 1. The second-order valence-corrected chi connectivity index (χ2v) is 8.72. The lowest BCUT2D eigenvalue weighted by atomic mass is 10.2. The molecule has 0 radical (unpaired) electrons. The molecule has 1 fully saturated rings. The Kier molecular flexibility index (Phi) is 5.83. The number of carbonyl (C=O) groups excluding carboxylic acids is 1. The van der Waals surface area contributed by atoms with Crippen molar-refractivity contribution < 1.29 is 13.2 Å². The summed E-state index contributed by atoms with van der Waals surface area (Å²) in [5, 5.41) is 0. The van der Waals surface area contributed by atoms with Crippen LogP contribution in [0.15, 0.2) is 27.6 Å². The van der Waals surface area contributed by atoms with Gasteiger partial charge in [-0.15, -0.1) is 0 Å². The summed E-state index contributed by atoms with van der Waals surface area (Å²) in [6, 6.07) is 5.20. The van der Waals surface area contributed by atoms with Crippen molar-refractivity contribution in [1.82, 2.24) is 14.1 Å². The number of piperazine rings is 1. The Morgan fingerprint density at radius 3 is 2.35 bits per heavy atom. The molecule has 1 aromatic carbocycles. The third kappa shape index (κ3) is 4.32. The van der Waals surface area contributed by atoms with Crippen molar-refractivity contribution in [2.24, 2.45) is 0 Å². The molecule has 0 spiro atoms. The first kappa shape index (κ1) is 18.4. The molecule has 0 unspecified atom stereocenters. The molecule has 1 amide bonds. The summed E-state index contributed by atoms with van der Waals surface area (Å²) in [4.78, 5) is 15.8. The van der Waals surface area contributed by atoms with E-state index < -0.39 is 10.0 Å². The van der Waals surface area contributed by atoms with Crippen LogP contribution in [0, 0.1) is 6.92 Å². The number of halogens is 1. The summed E-state index contributed by atoms with van der Waals surface area (Å²) in [6.45, 7) is 3.75. The predicted octanol–water partition coefficient (Wildman–Crippen LogP) is 1.15. The first-order chi connectivity index (χ1) is 10.7. The Balaban J connectivity index is 2.08. The highest BCUT2D eigenvalue weighted by Gasteiger charge is 2.31. The Morgan fingerprint density at radius 1 is 1.22 bits per heavy atom. The molecule has 1 aromatic rings. The maximum atomic E-state index is 12.8. The first-order valence-electron chi connectivity index (χ1n) is 7.40. The average molecular weight is 404 g/mol. The Bertz CT molecular complexity index is 683. The molecule has 1 saturated heterocycles. The number of sulfonamides is 1. The van der Waals surface area contributed by atoms with Crippen molar-refractivity contribution >= 4 is 31.9 Å². The van der Waals surface area contributed by atoms with Crippen LogP contribution in [0.3, 0.4) is 0 Å². The maximum absolute atomic E-state index is 12.8. The molecule has 8 heteroatoms. The van der Waals surface area contributed by atoms with Gasteiger partial charge < -0.3 is 9.80 Å². The standard InChI is InChI=1S/C15H22BrN3O3S/c1-12-4-5-14(13(16)10-12)23(21,22)19-8-6-18(7-9-19)15(20)11-17(2)3/h4-5,10H,6-9,11H2,1-3H3. The number of rotatable bonds is 4. The van der Waals surface area contributed by atoms with E-state index in [-0.39, 0.29) is 10.8 Å². The maximum Gasteiger partial charge on any atom is 0.244 e. The first-order valence-corrected chi connectivity index (χ1v) is 9.64. The SMILES string of the molecule is Cc1ccc(S(=O)(=O)N2CCN(C(=O)CN(C)C)CC2)c(Br)c1. The van der Waals surface area contributed by atoms with Crippen molar-refractivity contribution in [3.63, 3.8) is 0 Å². The van der Waals surface area contributed by atoms with Gasteiger partial charge in [0.25, 0.3) is 0 Å². The van der Waals surface area contributed by atoms with Crippen molar-refractivity contribution in [2.45, 2.75) is 11.8 Å². The minimum atomic E-state index is -3.54. The van der Waals surface area contributed by atoms with Crippen LogP contribution in [-0.2, 0) is 14.8 Å². The molecule has 1 heterocycles. The highest BCUT2D eigenvalue weighted by molar-refractivity contribution is 9.10. The van der Waals surface area contributed by atoms with Crippen LogP contribution in [0.4, 0.5) is 0 Å². The Labute approximate surface area is 146 Å². The van der Waals surface area contributed by atoms with Crippen LogP contribution in [-0.4, -0.2) is 75.2 Å². The average Bonchev–Trinajstić information content (AvgIpc) is 2.46. The molecule has 0 atom stereocenters. The van der Waals surface area contributed by atoms with Crippen molar-refractivity contribution in [1.29, 1.82) is 0 Å². The number of hydrogen-bond donors (Lipinski definition) is 0. The van der Waals surface area contributed by atoms with Crippen molar-refractivity contribution in [3.05, 3.63) is 28.2 Å². The quantitative estimate of drug-likeness (QED) is 0.756. The van der Waals surface area contributed by atoms with Crippen LogP contribution in [0.1, 0.15) is 5.56 Å². The number of benzene rings is 1. The van der Waals surface area contributed by atoms with Gasteiger partial charge in [0.15, 0.2) is 0 Å². The third-order valence-corrected chi connectivity index (χ3v) is 6.62. The number of likely N-dealkylation sites (N-methyl/N-ethyl adjacent to an activating group) is 1. The van der Waals surface area contributed by atoms with E-state index in [4.69, 9.17) is 0 Å². The monoisotopic (exact) mass is 403 g/mol. The fraction of sp³-hybridized carbons (Fsp3) is 0.533. The van der Waals surface area contributed by atoms with Gasteiger partial charge in [0.1, 0.15) is 0 Å². The van der Waals surface area contributed by atoms with Gasteiger partial charge in [-0.05, 0) is 54.6 Å². The van der Waals surface area contributed by atoms with Crippen LogP contribution in [0.2, 0.25) is 0 Å². The molecule has 128 valence electrons. The molecule has 0 bridgehead atoms. The second kappa shape index (κ2) is 7.29. The van der Waals surface area contributed by atoms with E-state index in [1.165, 1.54) is 4.31 Å². The van der Waals surface area contributed by atoms with E-state index in [9.17, 15) is 13.2 Å². The van der Waals surface area contributed by atoms with Gasteiger partial charge in [-0.1, -0.05) is 6.07 Å². The zero-order chi connectivity index (χ0) is 17.2. The van der Waals surface area contributed by atoms with Crippen molar-refractivity contribution in [2.75, 3.05) is 46.8 Å². The predicted molar refractivity (Wildman–Crippen MR) is 92.8 cm³/mol. The van der Waals surface area contributed by atoms with Gasteiger partial charge in [-0.2, -0.15) is 4.31 Å². The van der Waals surface area contributed by atoms with Gasteiger partial charge in [0.2, 0.25) is 15.9 Å². The fourth-order valence-corrected chi connectivity index (χ4v) is 5.08. The smallest absolute Gasteiger partial charge is 0.244 e. The molecular formula is C15H22BrN3O3S. The topological polar surface area (TPSA) is 60.9 Å². The third-order valence-electron chi connectivity index (χ3n) is 3.75. The molecular weight excluding hydrogens is 382 g/mol. The zero-order valence-corrected chi connectivity index (χ0v) is 16.0. The largest absolute Gasteiger partial charge is 0.339 e. The fourth-order valence-electron chi connectivity index (χ4n) is 2.50. The Hall–Kier alpha value is -0.960. The van der Waals surface area contributed by atoms with E-state index in [1.807, 2.05) is 25.9 Å². The minimum absolute atomic E-state index is 0.0311. The summed E-state index contributed by atoms with van der Waals surface area (Å²) in [5.74, 6) is 0.0311. The molecule has 23 heavy (non-hydrogen) atoms. The van der Waals surface area contributed by atoms with Crippen LogP contribution in [0.25, 0.3) is 0 Å². The molecule has 0 N–H and O–H groups in total. The molecule has 2 rings (SSSR count). The highest BCUT2D eigenvalue weighted by Crippen LogP contribution is 2.26. The van der Waals surface area contributed by atoms with Gasteiger partial charge in [-0.25, -0.2) is 8.42 Å². The van der Waals surface area contributed by atoms with Gasteiger partial charge in [-0.3, -0.25) is 4.79 Å². The van der Waals surface area contributed by atoms with E-state index in [0.717, 1.165) is 5.56 Å². The van der Waals surface area contributed by atoms with Crippen LogP contribution < -0.4 is 0 Å². The second-order valence-electron chi connectivity index (χ2n) is 5.96. The van der Waals surface area contributed by atoms with Gasteiger partial charge in [0, 0.05) is 30.7 Å². The summed E-state index contributed by atoms with van der Waals surface area (Å²) in [6.07, 6.45) is 0. The number of hydrogen-bond acceptors (Lipinski definition) is 4. The molecule has 1 aliphatic heterocycles. The lowest BCUT2D eigenvalue weighted by molar-refractivity contribution is -0.133. The van der Waals surface area contributed by atoms with E-state index in [0.29, 0.717) is 37.2 Å². The van der Waals surface area contributed by atoms with Gasteiger partial charge in [0.05, 0.1) is 11.4 Å². The number of nitrogens with zero attached hydrogens (tertiary/aromatic N) is 3. The van der Waals surface area contributed by atoms with Crippen LogP contribution in [0.5, 0.6) is 0 Å².